The summed E-state index contributed by atoms with van der Waals surface area (Å²) >= 11 is 3.50. The van der Waals surface area contributed by atoms with Crippen LogP contribution in [0.1, 0.15) is 72.1 Å². The van der Waals surface area contributed by atoms with Crippen LogP contribution in [0.15, 0.2) is 0 Å². The van der Waals surface area contributed by atoms with Gasteiger partial charge in [0.15, 0.2) is 0 Å². The SMILES string of the molecule is CCN(CC)CCCN(CC)CCCCCCCCCBr. The first-order valence-electron chi connectivity index (χ1n) is 9.29. The van der Waals surface area contributed by atoms with Gasteiger partial charge < -0.3 is 9.80 Å². The molecule has 0 radical (unpaired) electrons. The minimum absolute atomic E-state index is 1.17. The van der Waals surface area contributed by atoms with Gasteiger partial charge in [-0.3, -0.25) is 0 Å². The van der Waals surface area contributed by atoms with Crippen LogP contribution in [0.25, 0.3) is 0 Å². The molecular weight excluding hydrogens is 324 g/mol. The highest BCUT2D eigenvalue weighted by molar-refractivity contribution is 9.09. The molecule has 0 aromatic rings. The van der Waals surface area contributed by atoms with E-state index in [-0.39, 0.29) is 0 Å². The maximum Gasteiger partial charge on any atom is 0.00313 e. The van der Waals surface area contributed by atoms with Crippen LogP contribution in [0.3, 0.4) is 0 Å². The lowest BCUT2D eigenvalue weighted by atomic mass is 10.1. The van der Waals surface area contributed by atoms with Crippen LogP contribution in [0.2, 0.25) is 0 Å². The van der Waals surface area contributed by atoms with E-state index in [1.807, 2.05) is 0 Å². The summed E-state index contributed by atoms with van der Waals surface area (Å²) in [6.07, 6.45) is 11.2. The van der Waals surface area contributed by atoms with Gasteiger partial charge in [0.05, 0.1) is 0 Å². The fourth-order valence-corrected chi connectivity index (χ4v) is 3.20. The Labute approximate surface area is 142 Å². The van der Waals surface area contributed by atoms with E-state index in [0.717, 1.165) is 0 Å². The number of rotatable bonds is 16. The minimum Gasteiger partial charge on any atom is -0.304 e. The molecule has 0 saturated carbocycles. The number of hydrogen-bond acceptors (Lipinski definition) is 2. The highest BCUT2D eigenvalue weighted by atomic mass is 79.9. The Balaban J connectivity index is 3.44. The first kappa shape index (κ1) is 21.4. The van der Waals surface area contributed by atoms with Crippen molar-refractivity contribution in [1.29, 1.82) is 0 Å². The highest BCUT2D eigenvalue weighted by Gasteiger charge is 2.04. The smallest absolute Gasteiger partial charge is 0.00313 e. The first-order valence-corrected chi connectivity index (χ1v) is 10.4. The molecule has 0 aliphatic carbocycles. The Hall–Kier alpha value is 0.400. The lowest BCUT2D eigenvalue weighted by molar-refractivity contribution is 0.240. The summed E-state index contributed by atoms with van der Waals surface area (Å²) in [4.78, 5) is 5.16. The largest absolute Gasteiger partial charge is 0.304 e. The lowest BCUT2D eigenvalue weighted by Gasteiger charge is -2.23. The maximum atomic E-state index is 3.50. The highest BCUT2D eigenvalue weighted by Crippen LogP contribution is 2.09. The van der Waals surface area contributed by atoms with Crippen LogP contribution >= 0.6 is 15.9 Å². The van der Waals surface area contributed by atoms with Gasteiger partial charge in [0.1, 0.15) is 0 Å². The molecule has 128 valence electrons. The molecule has 0 aromatic carbocycles. The first-order chi connectivity index (χ1) is 10.3. The van der Waals surface area contributed by atoms with Gasteiger partial charge in [0, 0.05) is 5.33 Å². The van der Waals surface area contributed by atoms with Crippen molar-refractivity contribution in [2.24, 2.45) is 0 Å². The van der Waals surface area contributed by atoms with Gasteiger partial charge in [-0.05, 0) is 58.5 Å². The second-order valence-corrected chi connectivity index (χ2v) is 6.77. The third-order valence-electron chi connectivity index (χ3n) is 4.40. The third-order valence-corrected chi connectivity index (χ3v) is 4.96. The molecule has 0 saturated heterocycles. The third kappa shape index (κ3) is 13.8. The number of alkyl halides is 1. The fourth-order valence-electron chi connectivity index (χ4n) is 2.80. The molecule has 0 fully saturated rings. The Kier molecular flexibility index (Phi) is 17.1. The summed E-state index contributed by atoms with van der Waals surface area (Å²) in [7, 11) is 0. The van der Waals surface area contributed by atoms with E-state index in [2.05, 4.69) is 46.5 Å². The molecule has 2 nitrogen and oxygen atoms in total. The molecular formula is C18H39BrN2. The standard InChI is InChI=1S/C18H39BrN2/c1-4-20(5-2)17-14-18-21(6-3)16-13-11-9-7-8-10-12-15-19/h4-18H2,1-3H3. The maximum absolute atomic E-state index is 3.50. The van der Waals surface area contributed by atoms with Gasteiger partial charge in [0.25, 0.3) is 0 Å². The Morgan fingerprint density at radius 2 is 0.952 bits per heavy atom. The zero-order chi connectivity index (χ0) is 15.8. The number of unbranched alkanes of at least 4 members (excludes halogenated alkanes) is 6. The van der Waals surface area contributed by atoms with Crippen LogP contribution in [0.5, 0.6) is 0 Å². The normalized spacial score (nSPS) is 11.7. The fraction of sp³-hybridized carbons (Fsp3) is 1.00. The van der Waals surface area contributed by atoms with Crippen molar-refractivity contribution in [3.8, 4) is 0 Å². The van der Waals surface area contributed by atoms with E-state index in [1.165, 1.54) is 96.0 Å². The Morgan fingerprint density at radius 3 is 1.48 bits per heavy atom. The summed E-state index contributed by atoms with van der Waals surface area (Å²) in [5.74, 6) is 0. The summed E-state index contributed by atoms with van der Waals surface area (Å²) in [6, 6.07) is 0. The van der Waals surface area contributed by atoms with E-state index >= 15 is 0 Å². The molecule has 0 spiro atoms. The molecule has 0 aliphatic rings. The molecule has 21 heavy (non-hydrogen) atoms. The van der Waals surface area contributed by atoms with Crippen LogP contribution < -0.4 is 0 Å². The molecule has 0 bridgehead atoms. The average Bonchev–Trinajstić information content (AvgIpc) is 2.52. The van der Waals surface area contributed by atoms with Crippen molar-refractivity contribution in [2.75, 3.05) is 44.6 Å². The molecule has 0 rings (SSSR count). The molecule has 0 N–H and O–H groups in total. The monoisotopic (exact) mass is 362 g/mol. The molecule has 0 atom stereocenters. The second kappa shape index (κ2) is 16.8. The van der Waals surface area contributed by atoms with Crippen molar-refractivity contribution in [1.82, 2.24) is 9.80 Å². The van der Waals surface area contributed by atoms with E-state index in [1.54, 1.807) is 0 Å². The van der Waals surface area contributed by atoms with Crippen LogP contribution in [-0.4, -0.2) is 54.4 Å². The molecule has 0 heterocycles. The van der Waals surface area contributed by atoms with Gasteiger partial charge in [-0.2, -0.15) is 0 Å². The summed E-state index contributed by atoms with van der Waals surface area (Å²) in [5, 5.41) is 1.17. The Morgan fingerprint density at radius 1 is 0.524 bits per heavy atom. The van der Waals surface area contributed by atoms with Crippen LogP contribution in [0.4, 0.5) is 0 Å². The average molecular weight is 363 g/mol. The van der Waals surface area contributed by atoms with Gasteiger partial charge in [-0.1, -0.05) is 68.8 Å². The van der Waals surface area contributed by atoms with Gasteiger partial charge in [0.2, 0.25) is 0 Å². The quantitative estimate of drug-likeness (QED) is 0.276. The summed E-state index contributed by atoms with van der Waals surface area (Å²) < 4.78 is 0. The van der Waals surface area contributed by atoms with Crippen molar-refractivity contribution in [3.63, 3.8) is 0 Å². The number of nitrogens with zero attached hydrogens (tertiary/aromatic N) is 2. The molecule has 0 aliphatic heterocycles. The predicted octanol–water partition coefficient (Wildman–Crippen LogP) is 5.17. The van der Waals surface area contributed by atoms with E-state index in [0.29, 0.717) is 0 Å². The molecule has 3 heteroatoms. The van der Waals surface area contributed by atoms with Crippen molar-refractivity contribution in [3.05, 3.63) is 0 Å². The minimum atomic E-state index is 1.17. The number of hydrogen-bond donors (Lipinski definition) is 0. The van der Waals surface area contributed by atoms with E-state index < -0.39 is 0 Å². The van der Waals surface area contributed by atoms with Crippen LogP contribution in [-0.2, 0) is 0 Å². The van der Waals surface area contributed by atoms with Crippen molar-refractivity contribution in [2.45, 2.75) is 72.1 Å². The number of halogens is 1. The lowest BCUT2D eigenvalue weighted by Crippen LogP contribution is -2.30. The summed E-state index contributed by atoms with van der Waals surface area (Å²) in [6.45, 7) is 14.3. The van der Waals surface area contributed by atoms with E-state index in [4.69, 9.17) is 0 Å². The summed E-state index contributed by atoms with van der Waals surface area (Å²) in [5.41, 5.74) is 0. The zero-order valence-electron chi connectivity index (χ0n) is 14.9. The second-order valence-electron chi connectivity index (χ2n) is 5.98. The molecule has 0 unspecified atom stereocenters. The van der Waals surface area contributed by atoms with Crippen molar-refractivity contribution < 1.29 is 0 Å². The van der Waals surface area contributed by atoms with E-state index in [9.17, 15) is 0 Å². The molecule has 0 aromatic heterocycles. The topological polar surface area (TPSA) is 6.48 Å². The van der Waals surface area contributed by atoms with Crippen molar-refractivity contribution >= 4 is 15.9 Å². The van der Waals surface area contributed by atoms with Gasteiger partial charge in [-0.15, -0.1) is 0 Å². The molecule has 0 amide bonds. The van der Waals surface area contributed by atoms with Crippen LogP contribution in [0, 0.1) is 0 Å². The predicted molar refractivity (Wildman–Crippen MR) is 101 cm³/mol. The Bertz CT molecular complexity index is 196. The van der Waals surface area contributed by atoms with Gasteiger partial charge >= 0.3 is 0 Å². The zero-order valence-corrected chi connectivity index (χ0v) is 16.5. The van der Waals surface area contributed by atoms with Gasteiger partial charge in [-0.25, -0.2) is 0 Å².